The molecule has 1 heterocycles. The van der Waals surface area contributed by atoms with E-state index in [1.807, 2.05) is 60.0 Å². The molecule has 0 saturated carbocycles. The fourth-order valence-electron chi connectivity index (χ4n) is 3.54. The van der Waals surface area contributed by atoms with Gasteiger partial charge >= 0.3 is 0 Å². The first-order valence-electron chi connectivity index (χ1n) is 10.5. The van der Waals surface area contributed by atoms with Crippen molar-refractivity contribution in [2.75, 3.05) is 26.1 Å². The van der Waals surface area contributed by atoms with Crippen molar-refractivity contribution >= 4 is 22.4 Å². The van der Waals surface area contributed by atoms with Crippen LogP contribution in [0, 0.1) is 0 Å². The molecule has 0 radical (unpaired) electrons. The van der Waals surface area contributed by atoms with Crippen LogP contribution in [0.15, 0.2) is 84.2 Å². The molecule has 0 aliphatic carbocycles. The lowest BCUT2D eigenvalue weighted by Gasteiger charge is -2.19. The van der Waals surface area contributed by atoms with E-state index in [0.717, 1.165) is 22.4 Å². The van der Waals surface area contributed by atoms with E-state index in [2.05, 4.69) is 39.9 Å². The van der Waals surface area contributed by atoms with Gasteiger partial charge in [0.1, 0.15) is 11.5 Å². The number of amides is 1. The van der Waals surface area contributed by atoms with Crippen LogP contribution in [0.1, 0.15) is 17.2 Å². The standard InChI is InChI=1S/C26H25N3O3S/c1-31-20-13-14-21(23(15-20)32-2)22-17-33-26(28-22)29-24(30)16-27-25(18-9-5-3-6-10-18)19-11-7-4-8-12-19/h3-15,17,25,27H,16H2,1-2H3,(H,28,29,30). The van der Waals surface area contributed by atoms with Crippen molar-refractivity contribution in [2.24, 2.45) is 0 Å². The molecule has 33 heavy (non-hydrogen) atoms. The summed E-state index contributed by atoms with van der Waals surface area (Å²) in [6.07, 6.45) is 0. The molecule has 4 aromatic rings. The first kappa shape index (κ1) is 22.5. The molecule has 3 aromatic carbocycles. The van der Waals surface area contributed by atoms with Crippen LogP contribution in [0.2, 0.25) is 0 Å². The monoisotopic (exact) mass is 459 g/mol. The van der Waals surface area contributed by atoms with E-state index in [4.69, 9.17) is 9.47 Å². The molecule has 0 aliphatic rings. The molecule has 0 fully saturated rings. The molecule has 0 bridgehead atoms. The molecule has 4 rings (SSSR count). The number of aromatic nitrogens is 1. The van der Waals surface area contributed by atoms with E-state index >= 15 is 0 Å². The Morgan fingerprint density at radius 2 is 1.61 bits per heavy atom. The fraction of sp³-hybridized carbons (Fsp3) is 0.154. The number of nitrogens with one attached hydrogen (secondary N) is 2. The highest BCUT2D eigenvalue weighted by molar-refractivity contribution is 7.14. The van der Waals surface area contributed by atoms with Crippen LogP contribution in [0.5, 0.6) is 11.5 Å². The van der Waals surface area contributed by atoms with Crippen molar-refractivity contribution < 1.29 is 14.3 Å². The number of hydrogen-bond donors (Lipinski definition) is 2. The molecule has 0 saturated heterocycles. The number of nitrogens with zero attached hydrogens (tertiary/aromatic N) is 1. The lowest BCUT2D eigenvalue weighted by molar-refractivity contribution is -0.115. The Labute approximate surface area is 197 Å². The second kappa shape index (κ2) is 10.8. The molecule has 168 valence electrons. The van der Waals surface area contributed by atoms with Crippen LogP contribution >= 0.6 is 11.3 Å². The molecule has 1 aromatic heterocycles. The van der Waals surface area contributed by atoms with Crippen molar-refractivity contribution in [1.82, 2.24) is 10.3 Å². The van der Waals surface area contributed by atoms with Crippen molar-refractivity contribution in [1.29, 1.82) is 0 Å². The first-order chi connectivity index (χ1) is 16.2. The SMILES string of the molecule is COc1ccc(-c2csc(NC(=O)CNC(c3ccccc3)c3ccccc3)n2)c(OC)c1. The summed E-state index contributed by atoms with van der Waals surface area (Å²) in [6, 6.07) is 25.6. The summed E-state index contributed by atoms with van der Waals surface area (Å²) >= 11 is 1.37. The molecule has 0 unspecified atom stereocenters. The zero-order valence-corrected chi connectivity index (χ0v) is 19.3. The third-order valence-electron chi connectivity index (χ3n) is 5.17. The van der Waals surface area contributed by atoms with Gasteiger partial charge in [0.2, 0.25) is 5.91 Å². The first-order valence-corrected chi connectivity index (χ1v) is 11.4. The van der Waals surface area contributed by atoms with E-state index < -0.39 is 0 Å². The maximum Gasteiger partial charge on any atom is 0.240 e. The van der Waals surface area contributed by atoms with Crippen LogP contribution in [0.4, 0.5) is 5.13 Å². The Bertz CT molecular complexity index is 1160. The van der Waals surface area contributed by atoms with E-state index in [9.17, 15) is 4.79 Å². The summed E-state index contributed by atoms with van der Waals surface area (Å²) in [7, 11) is 3.22. The van der Waals surface area contributed by atoms with Crippen molar-refractivity contribution in [3.63, 3.8) is 0 Å². The Morgan fingerprint density at radius 3 is 2.21 bits per heavy atom. The zero-order chi connectivity index (χ0) is 23.0. The predicted molar refractivity (Wildman–Crippen MR) is 132 cm³/mol. The van der Waals surface area contributed by atoms with E-state index in [0.29, 0.717) is 16.6 Å². The average Bonchev–Trinajstić information content (AvgIpc) is 3.33. The number of benzene rings is 3. The molecule has 7 heteroatoms. The molecular weight excluding hydrogens is 434 g/mol. The number of methoxy groups -OCH3 is 2. The molecule has 0 spiro atoms. The van der Waals surface area contributed by atoms with Crippen LogP contribution in [0.25, 0.3) is 11.3 Å². The minimum Gasteiger partial charge on any atom is -0.497 e. The summed E-state index contributed by atoms with van der Waals surface area (Å²) in [5, 5.41) is 8.69. The highest BCUT2D eigenvalue weighted by Gasteiger charge is 2.16. The molecule has 1 amide bonds. The second-order valence-electron chi connectivity index (χ2n) is 7.29. The van der Waals surface area contributed by atoms with Crippen LogP contribution in [-0.4, -0.2) is 31.7 Å². The minimum absolute atomic E-state index is 0.0893. The largest absolute Gasteiger partial charge is 0.497 e. The Kier molecular flexibility index (Phi) is 7.34. The van der Waals surface area contributed by atoms with Gasteiger partial charge in [-0.1, -0.05) is 60.7 Å². The smallest absolute Gasteiger partial charge is 0.240 e. The maximum absolute atomic E-state index is 12.7. The predicted octanol–water partition coefficient (Wildman–Crippen LogP) is 5.15. The summed E-state index contributed by atoms with van der Waals surface area (Å²) in [5.74, 6) is 1.21. The number of ether oxygens (including phenoxy) is 2. The highest BCUT2D eigenvalue weighted by Crippen LogP contribution is 2.34. The van der Waals surface area contributed by atoms with Crippen LogP contribution in [-0.2, 0) is 4.79 Å². The number of hydrogen-bond acceptors (Lipinski definition) is 6. The minimum atomic E-state index is -0.158. The van der Waals surface area contributed by atoms with Gasteiger partial charge in [0.25, 0.3) is 0 Å². The lowest BCUT2D eigenvalue weighted by Crippen LogP contribution is -2.31. The van der Waals surface area contributed by atoms with Gasteiger partial charge < -0.3 is 14.8 Å². The van der Waals surface area contributed by atoms with Gasteiger partial charge in [-0.2, -0.15) is 0 Å². The molecule has 0 aliphatic heterocycles. The van der Waals surface area contributed by atoms with Gasteiger partial charge in [-0.15, -0.1) is 11.3 Å². The maximum atomic E-state index is 12.7. The van der Waals surface area contributed by atoms with Crippen molar-refractivity contribution in [3.8, 4) is 22.8 Å². The van der Waals surface area contributed by atoms with E-state index in [1.54, 1.807) is 14.2 Å². The average molecular weight is 460 g/mol. The van der Waals surface area contributed by atoms with Gasteiger partial charge in [0, 0.05) is 17.0 Å². The number of carbonyl (C=O) groups excluding carboxylic acids is 1. The number of rotatable bonds is 9. The summed E-state index contributed by atoms with van der Waals surface area (Å²) < 4.78 is 10.7. The number of anilines is 1. The van der Waals surface area contributed by atoms with Crippen molar-refractivity contribution in [3.05, 3.63) is 95.4 Å². The van der Waals surface area contributed by atoms with Crippen molar-refractivity contribution in [2.45, 2.75) is 6.04 Å². The Morgan fingerprint density at radius 1 is 0.939 bits per heavy atom. The van der Waals surface area contributed by atoms with Crippen LogP contribution < -0.4 is 20.1 Å². The number of carbonyl (C=O) groups is 1. The molecule has 6 nitrogen and oxygen atoms in total. The third kappa shape index (κ3) is 5.58. The van der Waals surface area contributed by atoms with E-state index in [1.165, 1.54) is 11.3 Å². The Balaban J connectivity index is 1.43. The Hall–Kier alpha value is -3.68. The summed E-state index contributed by atoms with van der Waals surface area (Å²) in [6.45, 7) is 0.148. The van der Waals surface area contributed by atoms with Crippen LogP contribution in [0.3, 0.4) is 0 Å². The van der Waals surface area contributed by atoms with Gasteiger partial charge in [-0.3, -0.25) is 10.1 Å². The zero-order valence-electron chi connectivity index (χ0n) is 18.4. The van der Waals surface area contributed by atoms with Gasteiger partial charge in [0.15, 0.2) is 5.13 Å². The van der Waals surface area contributed by atoms with E-state index in [-0.39, 0.29) is 18.5 Å². The summed E-state index contributed by atoms with van der Waals surface area (Å²) in [5.41, 5.74) is 3.76. The topological polar surface area (TPSA) is 72.5 Å². The summed E-state index contributed by atoms with van der Waals surface area (Å²) in [4.78, 5) is 17.2. The van der Waals surface area contributed by atoms with Gasteiger partial charge in [-0.05, 0) is 23.3 Å². The van der Waals surface area contributed by atoms with Gasteiger partial charge in [-0.25, -0.2) is 4.98 Å². The highest BCUT2D eigenvalue weighted by atomic mass is 32.1. The molecule has 2 N–H and O–H groups in total. The number of thiazole rings is 1. The quantitative estimate of drug-likeness (QED) is 0.362. The lowest BCUT2D eigenvalue weighted by atomic mass is 9.99. The normalized spacial score (nSPS) is 10.8. The molecule has 0 atom stereocenters. The molecular formula is C26H25N3O3S. The second-order valence-corrected chi connectivity index (χ2v) is 8.15. The fourth-order valence-corrected chi connectivity index (χ4v) is 4.27. The third-order valence-corrected chi connectivity index (χ3v) is 5.93. The van der Waals surface area contributed by atoms with Gasteiger partial charge in [0.05, 0.1) is 32.5 Å².